The number of halogens is 3. The van der Waals surface area contributed by atoms with Gasteiger partial charge in [0.25, 0.3) is 5.91 Å². The van der Waals surface area contributed by atoms with Crippen molar-refractivity contribution in [1.82, 2.24) is 0 Å². The zero-order valence-electron chi connectivity index (χ0n) is 8.95. The molecule has 0 aliphatic heterocycles. The lowest BCUT2D eigenvalue weighted by Gasteiger charge is -2.09. The van der Waals surface area contributed by atoms with E-state index in [9.17, 15) is 22.8 Å². The summed E-state index contributed by atoms with van der Waals surface area (Å²) in [7, 11) is 0. The fourth-order valence-electron chi connectivity index (χ4n) is 1.02. The third-order valence-electron chi connectivity index (χ3n) is 1.73. The lowest BCUT2D eigenvalue weighted by molar-refractivity contribution is -0.167. The first-order valence-corrected chi connectivity index (χ1v) is 4.68. The zero-order valence-corrected chi connectivity index (χ0v) is 8.95. The Morgan fingerprint density at radius 3 is 2.56 bits per heavy atom. The van der Waals surface area contributed by atoms with Crippen molar-refractivity contribution < 1.29 is 27.5 Å². The molecule has 3 N–H and O–H groups in total. The van der Waals surface area contributed by atoms with Crippen LogP contribution in [0.1, 0.15) is 0 Å². The monoisotopic (exact) mass is 262 g/mol. The number of carbonyl (C=O) groups excluding carboxylic acids is 2. The van der Waals surface area contributed by atoms with Crippen LogP contribution in [0.3, 0.4) is 0 Å². The lowest BCUT2D eigenvalue weighted by Crippen LogP contribution is -2.29. The number of amides is 2. The molecule has 0 aliphatic carbocycles. The van der Waals surface area contributed by atoms with Gasteiger partial charge in [-0.3, -0.25) is 9.59 Å². The van der Waals surface area contributed by atoms with Gasteiger partial charge in [0.1, 0.15) is 5.75 Å². The highest BCUT2D eigenvalue weighted by molar-refractivity contribution is 5.95. The van der Waals surface area contributed by atoms with E-state index in [1.54, 1.807) is 5.32 Å². The maximum Gasteiger partial charge on any atom is 0.471 e. The molecule has 0 saturated carbocycles. The Hall–Kier alpha value is -2.25. The molecule has 1 aromatic rings. The molecule has 0 fully saturated rings. The highest BCUT2D eigenvalue weighted by atomic mass is 19.4. The van der Waals surface area contributed by atoms with Gasteiger partial charge in [0.15, 0.2) is 6.61 Å². The van der Waals surface area contributed by atoms with Crippen molar-refractivity contribution in [1.29, 1.82) is 0 Å². The van der Waals surface area contributed by atoms with Crippen LogP contribution in [0.4, 0.5) is 18.9 Å². The Labute approximate surface area is 99.7 Å². The van der Waals surface area contributed by atoms with Crippen LogP contribution in [-0.4, -0.2) is 24.6 Å². The molecule has 0 bridgehead atoms. The van der Waals surface area contributed by atoms with E-state index in [0.29, 0.717) is 0 Å². The van der Waals surface area contributed by atoms with Crippen molar-refractivity contribution in [2.45, 2.75) is 6.18 Å². The van der Waals surface area contributed by atoms with Crippen molar-refractivity contribution in [2.24, 2.45) is 5.73 Å². The molecule has 1 aromatic carbocycles. The van der Waals surface area contributed by atoms with Crippen LogP contribution >= 0.6 is 0 Å². The van der Waals surface area contributed by atoms with Gasteiger partial charge in [-0.2, -0.15) is 13.2 Å². The molecule has 98 valence electrons. The molecular formula is C10H9F3N2O3. The number of ether oxygens (including phenoxy) is 1. The standard InChI is InChI=1S/C10H9F3N2O3/c11-10(12,13)9(17)15-6-2-1-3-7(4-6)18-5-8(14)16/h1-4H,5H2,(H2,14,16)(H,15,17). The molecule has 18 heavy (non-hydrogen) atoms. The number of hydrogen-bond donors (Lipinski definition) is 2. The van der Waals surface area contributed by atoms with Gasteiger partial charge in [-0.15, -0.1) is 0 Å². The molecule has 0 spiro atoms. The van der Waals surface area contributed by atoms with E-state index in [1.165, 1.54) is 18.2 Å². The number of primary amides is 1. The molecule has 0 radical (unpaired) electrons. The summed E-state index contributed by atoms with van der Waals surface area (Å²) < 4.78 is 40.8. The van der Waals surface area contributed by atoms with Gasteiger partial charge in [-0.25, -0.2) is 0 Å². The fourth-order valence-corrected chi connectivity index (χ4v) is 1.02. The minimum Gasteiger partial charge on any atom is -0.484 e. The second kappa shape index (κ2) is 5.39. The first kappa shape index (κ1) is 13.8. The number of carbonyl (C=O) groups is 2. The summed E-state index contributed by atoms with van der Waals surface area (Å²) in [6.45, 7) is -0.406. The molecule has 0 heterocycles. The second-order valence-corrected chi connectivity index (χ2v) is 3.23. The Balaban J connectivity index is 2.70. The largest absolute Gasteiger partial charge is 0.484 e. The van der Waals surface area contributed by atoms with Gasteiger partial charge in [0, 0.05) is 11.8 Å². The van der Waals surface area contributed by atoms with E-state index in [-0.39, 0.29) is 11.4 Å². The van der Waals surface area contributed by atoms with E-state index in [0.717, 1.165) is 6.07 Å². The van der Waals surface area contributed by atoms with Crippen LogP contribution in [-0.2, 0) is 9.59 Å². The summed E-state index contributed by atoms with van der Waals surface area (Å²) in [6.07, 6.45) is -4.97. The molecule has 8 heteroatoms. The minimum atomic E-state index is -4.97. The van der Waals surface area contributed by atoms with Crippen LogP contribution in [0.5, 0.6) is 5.75 Å². The Bertz CT molecular complexity index is 460. The summed E-state index contributed by atoms with van der Waals surface area (Å²) >= 11 is 0. The quantitative estimate of drug-likeness (QED) is 0.851. The number of nitrogens with two attached hydrogens (primary N) is 1. The molecule has 5 nitrogen and oxygen atoms in total. The van der Waals surface area contributed by atoms with Crippen LogP contribution in [0, 0.1) is 0 Å². The van der Waals surface area contributed by atoms with Crippen molar-refractivity contribution in [2.75, 3.05) is 11.9 Å². The van der Waals surface area contributed by atoms with E-state index >= 15 is 0 Å². The molecule has 0 aromatic heterocycles. The molecular weight excluding hydrogens is 253 g/mol. The molecule has 1 rings (SSSR count). The average molecular weight is 262 g/mol. The molecule has 2 amide bonds. The van der Waals surface area contributed by atoms with E-state index in [1.807, 2.05) is 0 Å². The lowest BCUT2D eigenvalue weighted by atomic mass is 10.3. The van der Waals surface area contributed by atoms with Gasteiger partial charge < -0.3 is 15.8 Å². The van der Waals surface area contributed by atoms with Gasteiger partial charge in [-0.05, 0) is 12.1 Å². The summed E-state index contributed by atoms with van der Waals surface area (Å²) in [5.74, 6) is -2.69. The number of rotatable bonds is 4. The summed E-state index contributed by atoms with van der Waals surface area (Å²) in [6, 6.07) is 5.17. The fraction of sp³-hybridized carbons (Fsp3) is 0.200. The number of anilines is 1. The van der Waals surface area contributed by atoms with Crippen LogP contribution in [0.25, 0.3) is 0 Å². The summed E-state index contributed by atoms with van der Waals surface area (Å²) in [5, 5.41) is 1.65. The number of alkyl halides is 3. The number of benzene rings is 1. The molecule has 0 atom stereocenters. The highest BCUT2D eigenvalue weighted by Gasteiger charge is 2.38. The topological polar surface area (TPSA) is 81.4 Å². The second-order valence-electron chi connectivity index (χ2n) is 3.23. The first-order chi connectivity index (χ1) is 8.29. The van der Waals surface area contributed by atoms with Crippen molar-refractivity contribution in [3.63, 3.8) is 0 Å². The predicted octanol–water partition coefficient (Wildman–Crippen LogP) is 1.05. The Morgan fingerprint density at radius 1 is 1.33 bits per heavy atom. The van der Waals surface area contributed by atoms with Crippen molar-refractivity contribution in [3.05, 3.63) is 24.3 Å². The van der Waals surface area contributed by atoms with E-state index in [4.69, 9.17) is 10.5 Å². The highest BCUT2D eigenvalue weighted by Crippen LogP contribution is 2.21. The molecule has 0 unspecified atom stereocenters. The molecule has 0 saturated heterocycles. The van der Waals surface area contributed by atoms with Crippen LogP contribution < -0.4 is 15.8 Å². The maximum absolute atomic E-state index is 12.0. The Morgan fingerprint density at radius 2 is 2.00 bits per heavy atom. The molecule has 0 aliphatic rings. The summed E-state index contributed by atoms with van der Waals surface area (Å²) in [4.78, 5) is 21.1. The summed E-state index contributed by atoms with van der Waals surface area (Å²) in [5.41, 5.74) is 4.74. The van der Waals surface area contributed by atoms with Gasteiger partial charge in [0.2, 0.25) is 0 Å². The third-order valence-corrected chi connectivity index (χ3v) is 1.73. The average Bonchev–Trinajstić information content (AvgIpc) is 2.25. The zero-order chi connectivity index (χ0) is 13.8. The predicted molar refractivity (Wildman–Crippen MR) is 55.8 cm³/mol. The third kappa shape index (κ3) is 4.32. The smallest absolute Gasteiger partial charge is 0.471 e. The normalized spacial score (nSPS) is 10.8. The number of nitrogens with one attached hydrogen (secondary N) is 1. The number of hydrogen-bond acceptors (Lipinski definition) is 3. The van der Waals surface area contributed by atoms with Crippen LogP contribution in [0.15, 0.2) is 24.3 Å². The minimum absolute atomic E-state index is 0.0979. The van der Waals surface area contributed by atoms with Crippen LogP contribution in [0.2, 0.25) is 0 Å². The Kier molecular flexibility index (Phi) is 4.13. The SMILES string of the molecule is NC(=O)COc1cccc(NC(=O)C(F)(F)F)c1. The van der Waals surface area contributed by atoms with Crippen molar-refractivity contribution in [3.8, 4) is 5.75 Å². The van der Waals surface area contributed by atoms with Gasteiger partial charge >= 0.3 is 12.1 Å². The van der Waals surface area contributed by atoms with Gasteiger partial charge in [0.05, 0.1) is 0 Å². The van der Waals surface area contributed by atoms with Crippen molar-refractivity contribution >= 4 is 17.5 Å². The van der Waals surface area contributed by atoms with E-state index in [2.05, 4.69) is 0 Å². The maximum atomic E-state index is 12.0. The van der Waals surface area contributed by atoms with E-state index < -0.39 is 24.6 Å². The van der Waals surface area contributed by atoms with Gasteiger partial charge in [-0.1, -0.05) is 6.07 Å². The first-order valence-electron chi connectivity index (χ1n) is 4.68.